The molecule has 1 aliphatic heterocycles. The number of ketones is 1. The van der Waals surface area contributed by atoms with Crippen LogP contribution in [0.2, 0.25) is 0 Å². The maximum absolute atomic E-state index is 12.2. The van der Waals surface area contributed by atoms with Gasteiger partial charge in [0.05, 0.1) is 12.7 Å². The lowest BCUT2D eigenvalue weighted by molar-refractivity contribution is 0.0474. The first-order chi connectivity index (χ1) is 13.1. The van der Waals surface area contributed by atoms with Gasteiger partial charge in [-0.1, -0.05) is 12.7 Å². The van der Waals surface area contributed by atoms with E-state index in [1.54, 1.807) is 30.3 Å². The molecule has 7 nitrogen and oxygen atoms in total. The van der Waals surface area contributed by atoms with Crippen LogP contribution in [0.5, 0.6) is 23.0 Å². The number of fused-ring (bicyclic) bond motifs is 1. The molecule has 3 rings (SSSR count). The zero-order valence-electron chi connectivity index (χ0n) is 14.7. The Morgan fingerprint density at radius 1 is 1.07 bits per heavy atom. The van der Waals surface area contributed by atoms with Crippen molar-refractivity contribution in [1.29, 1.82) is 0 Å². The van der Waals surface area contributed by atoms with Crippen LogP contribution >= 0.6 is 0 Å². The highest BCUT2D eigenvalue weighted by molar-refractivity contribution is 6.00. The van der Waals surface area contributed by atoms with Crippen LogP contribution in [0.1, 0.15) is 20.7 Å². The smallest absolute Gasteiger partial charge is 0.338 e. The van der Waals surface area contributed by atoms with Gasteiger partial charge in [-0.2, -0.15) is 0 Å². The van der Waals surface area contributed by atoms with E-state index in [-0.39, 0.29) is 18.1 Å². The van der Waals surface area contributed by atoms with Crippen LogP contribution in [-0.4, -0.2) is 38.9 Å². The lowest BCUT2D eigenvalue weighted by Crippen LogP contribution is -2.14. The Kier molecular flexibility index (Phi) is 5.61. The first kappa shape index (κ1) is 18.3. The summed E-state index contributed by atoms with van der Waals surface area (Å²) in [7, 11) is 1.47. The normalized spacial score (nSPS) is 11.6. The highest BCUT2D eigenvalue weighted by Crippen LogP contribution is 2.32. The van der Waals surface area contributed by atoms with Gasteiger partial charge in [0.2, 0.25) is 6.79 Å². The number of esters is 1. The standard InChI is InChI=1S/C20H18O7/c1-3-8-24-16-7-5-14(10-18(16)23-2)20(22)25-11-15(21)13-4-6-17-19(9-13)27-12-26-17/h3-7,9-10H,1,8,11-12H2,2H3. The van der Waals surface area contributed by atoms with Crippen molar-refractivity contribution in [3.63, 3.8) is 0 Å². The van der Waals surface area contributed by atoms with E-state index in [4.69, 9.17) is 23.7 Å². The van der Waals surface area contributed by atoms with E-state index in [2.05, 4.69) is 6.58 Å². The Balaban J connectivity index is 1.63. The molecule has 0 unspecified atom stereocenters. The number of carbonyl (C=O) groups excluding carboxylic acids is 2. The number of Topliss-reactive ketones (excluding diaryl/α,β-unsaturated/α-hetero) is 1. The Bertz CT molecular complexity index is 873. The molecule has 27 heavy (non-hydrogen) atoms. The number of ether oxygens (including phenoxy) is 5. The summed E-state index contributed by atoms with van der Waals surface area (Å²) in [4.78, 5) is 24.5. The summed E-state index contributed by atoms with van der Waals surface area (Å²) in [5.41, 5.74) is 0.620. The average molecular weight is 370 g/mol. The topological polar surface area (TPSA) is 80.3 Å². The molecule has 7 heteroatoms. The largest absolute Gasteiger partial charge is 0.493 e. The summed E-state index contributed by atoms with van der Waals surface area (Å²) in [6.45, 7) is 3.61. The molecule has 0 fully saturated rings. The van der Waals surface area contributed by atoms with Crippen molar-refractivity contribution in [3.05, 3.63) is 60.2 Å². The van der Waals surface area contributed by atoms with Gasteiger partial charge in [0.15, 0.2) is 35.4 Å². The molecule has 140 valence electrons. The van der Waals surface area contributed by atoms with Crippen LogP contribution in [0, 0.1) is 0 Å². The lowest BCUT2D eigenvalue weighted by atomic mass is 10.1. The highest BCUT2D eigenvalue weighted by atomic mass is 16.7. The van der Waals surface area contributed by atoms with E-state index in [1.165, 1.54) is 19.2 Å². The molecule has 0 radical (unpaired) electrons. The third-order valence-electron chi connectivity index (χ3n) is 3.78. The molecule has 0 aliphatic carbocycles. The second-order valence-corrected chi connectivity index (χ2v) is 5.53. The summed E-state index contributed by atoms with van der Waals surface area (Å²) < 4.78 is 26.2. The maximum atomic E-state index is 12.2. The van der Waals surface area contributed by atoms with E-state index >= 15 is 0 Å². The molecule has 0 saturated heterocycles. The Hall–Kier alpha value is -3.48. The Labute approximate surface area is 156 Å². The van der Waals surface area contributed by atoms with Gasteiger partial charge in [0.1, 0.15) is 6.61 Å². The number of methoxy groups -OCH3 is 1. The molecule has 0 aromatic heterocycles. The quantitative estimate of drug-likeness (QED) is 0.401. The number of rotatable bonds is 8. The van der Waals surface area contributed by atoms with Gasteiger partial charge in [-0.3, -0.25) is 4.79 Å². The molecule has 0 bridgehead atoms. The van der Waals surface area contributed by atoms with E-state index in [0.29, 0.717) is 35.2 Å². The zero-order chi connectivity index (χ0) is 19.2. The number of carbonyl (C=O) groups is 2. The van der Waals surface area contributed by atoms with Crippen molar-refractivity contribution in [2.45, 2.75) is 0 Å². The molecule has 1 aliphatic rings. The fourth-order valence-electron chi connectivity index (χ4n) is 2.43. The van der Waals surface area contributed by atoms with E-state index in [0.717, 1.165) is 0 Å². The maximum Gasteiger partial charge on any atom is 0.338 e. The van der Waals surface area contributed by atoms with Gasteiger partial charge in [-0.05, 0) is 36.4 Å². The molecule has 2 aromatic carbocycles. The molecule has 0 saturated carbocycles. The van der Waals surface area contributed by atoms with Gasteiger partial charge in [-0.15, -0.1) is 0 Å². The fourth-order valence-corrected chi connectivity index (χ4v) is 2.43. The van der Waals surface area contributed by atoms with Gasteiger partial charge in [-0.25, -0.2) is 4.79 Å². The van der Waals surface area contributed by atoms with Crippen molar-refractivity contribution < 1.29 is 33.3 Å². The summed E-state index contributed by atoms with van der Waals surface area (Å²) in [6, 6.07) is 9.43. The van der Waals surface area contributed by atoms with Crippen molar-refractivity contribution in [1.82, 2.24) is 0 Å². The number of hydrogen-bond donors (Lipinski definition) is 0. The second-order valence-electron chi connectivity index (χ2n) is 5.53. The van der Waals surface area contributed by atoms with Gasteiger partial charge in [0, 0.05) is 5.56 Å². The van der Waals surface area contributed by atoms with Crippen LogP contribution in [0.4, 0.5) is 0 Å². The monoisotopic (exact) mass is 370 g/mol. The molecule has 0 atom stereocenters. The third-order valence-corrected chi connectivity index (χ3v) is 3.78. The van der Waals surface area contributed by atoms with Gasteiger partial charge in [0.25, 0.3) is 0 Å². The zero-order valence-corrected chi connectivity index (χ0v) is 14.7. The van der Waals surface area contributed by atoms with Gasteiger partial charge < -0.3 is 23.7 Å². The Morgan fingerprint density at radius 3 is 2.63 bits per heavy atom. The van der Waals surface area contributed by atoms with Gasteiger partial charge >= 0.3 is 5.97 Å². The SMILES string of the molecule is C=CCOc1ccc(C(=O)OCC(=O)c2ccc3c(c2)OCO3)cc1OC. The minimum atomic E-state index is -0.641. The summed E-state index contributed by atoms with van der Waals surface area (Å²) in [5, 5.41) is 0. The van der Waals surface area contributed by atoms with E-state index in [9.17, 15) is 9.59 Å². The van der Waals surface area contributed by atoms with Crippen molar-refractivity contribution in [3.8, 4) is 23.0 Å². The molecular formula is C20H18O7. The first-order valence-corrected chi connectivity index (χ1v) is 8.14. The predicted molar refractivity (Wildman–Crippen MR) is 95.9 cm³/mol. The van der Waals surface area contributed by atoms with Crippen LogP contribution in [0.15, 0.2) is 49.1 Å². The fraction of sp³-hybridized carbons (Fsp3) is 0.200. The molecule has 0 amide bonds. The van der Waals surface area contributed by atoms with Crippen molar-refractivity contribution in [2.24, 2.45) is 0 Å². The molecule has 1 heterocycles. The average Bonchev–Trinajstić information content (AvgIpc) is 3.17. The summed E-state index contributed by atoms with van der Waals surface area (Å²) in [6.07, 6.45) is 1.60. The van der Waals surface area contributed by atoms with Crippen LogP contribution in [0.3, 0.4) is 0 Å². The number of benzene rings is 2. The summed E-state index contributed by atoms with van der Waals surface area (Å²) in [5.74, 6) is 0.942. The predicted octanol–water partition coefficient (Wildman–Crippen LogP) is 3.03. The van der Waals surface area contributed by atoms with E-state index in [1.807, 2.05) is 0 Å². The second kappa shape index (κ2) is 8.27. The molecule has 0 spiro atoms. The van der Waals surface area contributed by atoms with Crippen molar-refractivity contribution >= 4 is 11.8 Å². The first-order valence-electron chi connectivity index (χ1n) is 8.14. The Morgan fingerprint density at radius 2 is 1.85 bits per heavy atom. The summed E-state index contributed by atoms with van der Waals surface area (Å²) >= 11 is 0. The van der Waals surface area contributed by atoms with Crippen LogP contribution in [0.25, 0.3) is 0 Å². The molecule has 0 N–H and O–H groups in total. The minimum Gasteiger partial charge on any atom is -0.493 e. The lowest BCUT2D eigenvalue weighted by Gasteiger charge is -2.11. The van der Waals surface area contributed by atoms with Crippen LogP contribution in [-0.2, 0) is 4.74 Å². The molecular weight excluding hydrogens is 352 g/mol. The third kappa shape index (κ3) is 4.20. The minimum absolute atomic E-state index is 0.121. The van der Waals surface area contributed by atoms with E-state index < -0.39 is 12.6 Å². The van der Waals surface area contributed by atoms with Crippen molar-refractivity contribution in [2.75, 3.05) is 27.1 Å². The molecule has 2 aromatic rings. The highest BCUT2D eigenvalue weighted by Gasteiger charge is 2.18. The van der Waals surface area contributed by atoms with Crippen LogP contribution < -0.4 is 18.9 Å². The number of hydrogen-bond acceptors (Lipinski definition) is 7.